The Morgan fingerprint density at radius 2 is 1.33 bits per heavy atom. The van der Waals surface area contributed by atoms with Crippen LogP contribution in [0.3, 0.4) is 0 Å². The lowest BCUT2D eigenvalue weighted by molar-refractivity contribution is 0.0908. The van der Waals surface area contributed by atoms with E-state index in [1.807, 2.05) is 30.3 Å². The molecule has 1 aromatic rings. The summed E-state index contributed by atoms with van der Waals surface area (Å²) in [5, 5.41) is 6.90. The zero-order chi connectivity index (χ0) is 16.1. The van der Waals surface area contributed by atoms with Gasteiger partial charge in [-0.25, -0.2) is 0 Å². The molecular formula is C18H30N2O. The maximum absolute atomic E-state index is 12.7. The van der Waals surface area contributed by atoms with E-state index in [-0.39, 0.29) is 22.8 Å². The summed E-state index contributed by atoms with van der Waals surface area (Å²) in [5.41, 5.74) is 0.808. The molecular weight excluding hydrogens is 260 g/mol. The van der Waals surface area contributed by atoms with Crippen LogP contribution in [0.15, 0.2) is 30.3 Å². The summed E-state index contributed by atoms with van der Waals surface area (Å²) in [6, 6.07) is 9.55. The van der Waals surface area contributed by atoms with Crippen LogP contribution in [0, 0.1) is 5.92 Å². The highest BCUT2D eigenvalue weighted by Gasteiger charge is 2.23. The maximum atomic E-state index is 12.7. The van der Waals surface area contributed by atoms with Gasteiger partial charge in [0.2, 0.25) is 0 Å². The molecule has 0 atom stereocenters. The highest BCUT2D eigenvalue weighted by molar-refractivity contribution is 5.98. The monoisotopic (exact) mass is 290 g/mol. The Bertz CT molecular complexity index is 423. The molecule has 0 amide bonds. The molecule has 0 unspecified atom stereocenters. The minimum Gasteiger partial charge on any atom is -0.311 e. The number of ketones is 1. The van der Waals surface area contributed by atoms with Crippen LogP contribution < -0.4 is 10.6 Å². The third-order valence-corrected chi connectivity index (χ3v) is 3.19. The van der Waals surface area contributed by atoms with Gasteiger partial charge in [-0.05, 0) is 41.5 Å². The molecule has 0 spiro atoms. The molecule has 2 N–H and O–H groups in total. The van der Waals surface area contributed by atoms with Gasteiger partial charge in [-0.3, -0.25) is 4.79 Å². The largest absolute Gasteiger partial charge is 0.311 e. The molecule has 0 aromatic heterocycles. The van der Waals surface area contributed by atoms with Crippen LogP contribution in [0.2, 0.25) is 0 Å². The molecule has 1 rings (SSSR count). The van der Waals surface area contributed by atoms with Crippen molar-refractivity contribution in [2.24, 2.45) is 5.92 Å². The number of carbonyl (C=O) groups excluding carboxylic acids is 1. The predicted octanol–water partition coefficient (Wildman–Crippen LogP) is 3.26. The van der Waals surface area contributed by atoms with Crippen molar-refractivity contribution in [2.75, 3.05) is 13.1 Å². The number of hydrogen-bond donors (Lipinski definition) is 2. The van der Waals surface area contributed by atoms with Crippen molar-refractivity contribution in [3.05, 3.63) is 35.9 Å². The third-order valence-electron chi connectivity index (χ3n) is 3.19. The van der Waals surface area contributed by atoms with E-state index in [9.17, 15) is 4.79 Å². The number of nitrogens with one attached hydrogen (secondary N) is 2. The van der Waals surface area contributed by atoms with Crippen molar-refractivity contribution in [3.63, 3.8) is 0 Å². The lowest BCUT2D eigenvalue weighted by Gasteiger charge is -2.28. The van der Waals surface area contributed by atoms with E-state index in [4.69, 9.17) is 0 Å². The van der Waals surface area contributed by atoms with Crippen LogP contribution in [0.25, 0.3) is 0 Å². The summed E-state index contributed by atoms with van der Waals surface area (Å²) < 4.78 is 0. The number of carbonyl (C=O) groups is 1. The first-order chi connectivity index (χ1) is 9.58. The average Bonchev–Trinajstić information content (AvgIpc) is 2.36. The zero-order valence-electron chi connectivity index (χ0n) is 14.3. The van der Waals surface area contributed by atoms with E-state index in [2.05, 4.69) is 52.2 Å². The van der Waals surface area contributed by atoms with E-state index in [1.54, 1.807) is 0 Å². The lowest BCUT2D eigenvalue weighted by Crippen LogP contribution is -2.47. The molecule has 0 heterocycles. The summed E-state index contributed by atoms with van der Waals surface area (Å²) in [5.74, 6) is 0.134. The van der Waals surface area contributed by atoms with E-state index >= 15 is 0 Å². The zero-order valence-corrected chi connectivity index (χ0v) is 14.3. The van der Waals surface area contributed by atoms with E-state index < -0.39 is 0 Å². The Balaban J connectivity index is 2.78. The summed E-state index contributed by atoms with van der Waals surface area (Å²) in [6.45, 7) is 14.1. The van der Waals surface area contributed by atoms with Gasteiger partial charge in [0.05, 0.1) is 0 Å². The molecule has 0 aliphatic heterocycles. The molecule has 0 bridgehead atoms. The fraction of sp³-hybridized carbons (Fsp3) is 0.611. The lowest BCUT2D eigenvalue weighted by atomic mass is 9.95. The van der Waals surface area contributed by atoms with Gasteiger partial charge in [-0.15, -0.1) is 0 Å². The second-order valence-corrected chi connectivity index (χ2v) is 7.69. The molecule has 1 aromatic carbocycles. The molecule has 0 aliphatic rings. The first-order valence-electron chi connectivity index (χ1n) is 7.68. The Hall–Kier alpha value is -1.19. The van der Waals surface area contributed by atoms with Gasteiger partial charge in [0.1, 0.15) is 0 Å². The molecule has 0 aliphatic carbocycles. The Kier molecular flexibility index (Phi) is 6.11. The third kappa shape index (κ3) is 7.39. The Morgan fingerprint density at radius 1 is 0.905 bits per heavy atom. The van der Waals surface area contributed by atoms with E-state index in [0.29, 0.717) is 13.1 Å². The van der Waals surface area contributed by atoms with Crippen LogP contribution in [0.4, 0.5) is 0 Å². The van der Waals surface area contributed by atoms with Crippen molar-refractivity contribution in [1.82, 2.24) is 10.6 Å². The van der Waals surface area contributed by atoms with Crippen molar-refractivity contribution in [1.29, 1.82) is 0 Å². The van der Waals surface area contributed by atoms with E-state index in [0.717, 1.165) is 5.56 Å². The summed E-state index contributed by atoms with van der Waals surface area (Å²) >= 11 is 0. The fourth-order valence-electron chi connectivity index (χ4n) is 1.95. The average molecular weight is 290 g/mol. The second kappa shape index (κ2) is 7.19. The van der Waals surface area contributed by atoms with Crippen molar-refractivity contribution in [2.45, 2.75) is 52.6 Å². The van der Waals surface area contributed by atoms with Crippen LogP contribution in [-0.4, -0.2) is 30.0 Å². The molecule has 0 radical (unpaired) electrons. The number of benzene rings is 1. The number of rotatable bonds is 6. The fourth-order valence-corrected chi connectivity index (χ4v) is 1.95. The molecule has 3 nitrogen and oxygen atoms in total. The first kappa shape index (κ1) is 17.9. The van der Waals surface area contributed by atoms with Gasteiger partial charge in [0, 0.05) is 35.6 Å². The van der Waals surface area contributed by atoms with Crippen molar-refractivity contribution < 1.29 is 4.79 Å². The van der Waals surface area contributed by atoms with Crippen LogP contribution in [0.5, 0.6) is 0 Å². The predicted molar refractivity (Wildman–Crippen MR) is 89.8 cm³/mol. The Morgan fingerprint density at radius 3 is 1.71 bits per heavy atom. The molecule has 3 heteroatoms. The highest BCUT2D eigenvalue weighted by atomic mass is 16.1. The summed E-state index contributed by atoms with van der Waals surface area (Å²) in [4.78, 5) is 12.7. The standard InChI is InChI=1S/C18H30N2O/c1-17(2,3)19-12-15(13-20-18(4,5)6)16(21)14-10-8-7-9-11-14/h7-11,15,19-20H,12-13H2,1-6H3. The van der Waals surface area contributed by atoms with Gasteiger partial charge in [0.15, 0.2) is 5.78 Å². The molecule has 118 valence electrons. The second-order valence-electron chi connectivity index (χ2n) is 7.69. The van der Waals surface area contributed by atoms with Crippen LogP contribution in [-0.2, 0) is 0 Å². The van der Waals surface area contributed by atoms with Gasteiger partial charge in [-0.2, -0.15) is 0 Å². The first-order valence-corrected chi connectivity index (χ1v) is 7.68. The molecule has 0 saturated carbocycles. The SMILES string of the molecule is CC(C)(C)NCC(CNC(C)(C)C)C(=O)c1ccccc1. The molecule has 0 saturated heterocycles. The quantitative estimate of drug-likeness (QED) is 0.790. The molecule has 0 fully saturated rings. The smallest absolute Gasteiger partial charge is 0.168 e. The van der Waals surface area contributed by atoms with Crippen LogP contribution in [0.1, 0.15) is 51.9 Å². The maximum Gasteiger partial charge on any atom is 0.168 e. The van der Waals surface area contributed by atoms with Crippen molar-refractivity contribution >= 4 is 5.78 Å². The number of hydrogen-bond acceptors (Lipinski definition) is 3. The normalized spacial score (nSPS) is 12.7. The number of Topliss-reactive ketones (excluding diaryl/α,β-unsaturated/α-hetero) is 1. The van der Waals surface area contributed by atoms with Gasteiger partial charge < -0.3 is 10.6 Å². The minimum absolute atomic E-state index is 0.0109. The topological polar surface area (TPSA) is 41.1 Å². The van der Waals surface area contributed by atoms with Crippen LogP contribution >= 0.6 is 0 Å². The molecule has 21 heavy (non-hydrogen) atoms. The van der Waals surface area contributed by atoms with Crippen molar-refractivity contribution in [3.8, 4) is 0 Å². The van der Waals surface area contributed by atoms with Gasteiger partial charge in [-0.1, -0.05) is 30.3 Å². The summed E-state index contributed by atoms with van der Waals surface area (Å²) in [7, 11) is 0. The highest BCUT2D eigenvalue weighted by Crippen LogP contribution is 2.11. The summed E-state index contributed by atoms with van der Waals surface area (Å²) in [6.07, 6.45) is 0. The minimum atomic E-state index is -0.0640. The van der Waals surface area contributed by atoms with Gasteiger partial charge >= 0.3 is 0 Å². The van der Waals surface area contributed by atoms with E-state index in [1.165, 1.54) is 0 Å². The Labute approximate surface area is 129 Å². The van der Waals surface area contributed by atoms with Gasteiger partial charge in [0.25, 0.3) is 0 Å².